The molecule has 0 aliphatic heterocycles. The number of allylic oxidation sites excluding steroid dienone is 2. The van der Waals surface area contributed by atoms with Crippen molar-refractivity contribution >= 4 is 6.29 Å². The SMILES string of the molecule is CC.CC/C(N)=C/C=O. The molecule has 9 heavy (non-hydrogen) atoms. The molecule has 0 bridgehead atoms. The predicted molar refractivity (Wildman–Crippen MR) is 40.0 cm³/mol. The summed E-state index contributed by atoms with van der Waals surface area (Å²) in [5.41, 5.74) is 5.85. The molecule has 0 aromatic rings. The maximum Gasteiger partial charge on any atom is 0.144 e. The van der Waals surface area contributed by atoms with Gasteiger partial charge in [-0.3, -0.25) is 4.79 Å². The average molecular weight is 129 g/mol. The van der Waals surface area contributed by atoms with E-state index < -0.39 is 0 Å². The second-order valence-electron chi connectivity index (χ2n) is 1.23. The molecule has 2 heteroatoms. The highest BCUT2D eigenvalue weighted by molar-refractivity contribution is 5.65. The van der Waals surface area contributed by atoms with Gasteiger partial charge in [0.15, 0.2) is 0 Å². The molecule has 2 nitrogen and oxygen atoms in total. The van der Waals surface area contributed by atoms with Gasteiger partial charge >= 0.3 is 0 Å². The summed E-state index contributed by atoms with van der Waals surface area (Å²) in [6.07, 6.45) is 2.80. The molecule has 0 aromatic carbocycles. The summed E-state index contributed by atoms with van der Waals surface area (Å²) in [6, 6.07) is 0. The molecule has 0 aliphatic carbocycles. The summed E-state index contributed by atoms with van der Waals surface area (Å²) < 4.78 is 0. The van der Waals surface area contributed by atoms with Gasteiger partial charge in [0, 0.05) is 5.70 Å². The molecule has 0 aliphatic rings. The van der Waals surface area contributed by atoms with Crippen LogP contribution in [0.5, 0.6) is 0 Å². The Kier molecular flexibility index (Phi) is 12.6. The normalized spacial score (nSPS) is 9.44. The van der Waals surface area contributed by atoms with Crippen molar-refractivity contribution < 1.29 is 4.79 Å². The highest BCUT2D eigenvalue weighted by Crippen LogP contribution is 1.84. The van der Waals surface area contributed by atoms with E-state index >= 15 is 0 Å². The van der Waals surface area contributed by atoms with Crippen LogP contribution in [0.4, 0.5) is 0 Å². The molecule has 0 saturated heterocycles. The fourth-order valence-corrected chi connectivity index (χ4v) is 0.205. The number of rotatable bonds is 2. The largest absolute Gasteiger partial charge is 0.402 e. The van der Waals surface area contributed by atoms with Crippen LogP contribution >= 0.6 is 0 Å². The van der Waals surface area contributed by atoms with Crippen molar-refractivity contribution in [3.05, 3.63) is 11.8 Å². The predicted octanol–water partition coefficient (Wildman–Crippen LogP) is 1.46. The third-order valence-corrected chi connectivity index (χ3v) is 0.690. The topological polar surface area (TPSA) is 43.1 Å². The van der Waals surface area contributed by atoms with Gasteiger partial charge in [0.2, 0.25) is 0 Å². The quantitative estimate of drug-likeness (QED) is 0.453. The van der Waals surface area contributed by atoms with Crippen LogP contribution in [0.1, 0.15) is 27.2 Å². The highest BCUT2D eigenvalue weighted by atomic mass is 16.1. The molecule has 0 atom stereocenters. The van der Waals surface area contributed by atoms with E-state index in [1.54, 1.807) is 0 Å². The Hall–Kier alpha value is -0.790. The molecule has 0 unspecified atom stereocenters. The summed E-state index contributed by atoms with van der Waals surface area (Å²) in [4.78, 5) is 9.62. The standard InChI is InChI=1S/C5H9NO.C2H6/c1-2-5(6)3-4-7;1-2/h3-4H,2,6H2,1H3;1-2H3/b5-3-;. The van der Waals surface area contributed by atoms with Gasteiger partial charge in [-0.05, 0) is 12.5 Å². The third-order valence-electron chi connectivity index (χ3n) is 0.690. The van der Waals surface area contributed by atoms with Crippen molar-refractivity contribution in [3.8, 4) is 0 Å². The Balaban J connectivity index is 0. The molecule has 54 valence electrons. The van der Waals surface area contributed by atoms with E-state index in [0.717, 1.165) is 6.42 Å². The van der Waals surface area contributed by atoms with Gasteiger partial charge in [0.1, 0.15) is 6.29 Å². The van der Waals surface area contributed by atoms with E-state index in [0.29, 0.717) is 12.0 Å². The van der Waals surface area contributed by atoms with E-state index in [4.69, 9.17) is 5.73 Å². The second kappa shape index (κ2) is 10.2. The minimum Gasteiger partial charge on any atom is -0.402 e. The third kappa shape index (κ3) is 11.0. The van der Waals surface area contributed by atoms with Crippen molar-refractivity contribution in [2.75, 3.05) is 0 Å². The Bertz CT molecular complexity index is 86.9. The molecule has 0 rings (SSSR count). The van der Waals surface area contributed by atoms with Crippen LogP contribution in [0.3, 0.4) is 0 Å². The van der Waals surface area contributed by atoms with Gasteiger partial charge in [-0.2, -0.15) is 0 Å². The maximum atomic E-state index is 9.62. The zero-order chi connectivity index (χ0) is 7.70. The first-order valence-electron chi connectivity index (χ1n) is 3.21. The lowest BCUT2D eigenvalue weighted by Crippen LogP contribution is -1.93. The van der Waals surface area contributed by atoms with Crippen molar-refractivity contribution in [2.45, 2.75) is 27.2 Å². The fourth-order valence-electron chi connectivity index (χ4n) is 0.205. The molecule has 0 fully saturated rings. The summed E-state index contributed by atoms with van der Waals surface area (Å²) in [6.45, 7) is 5.90. The Morgan fingerprint density at radius 3 is 2.11 bits per heavy atom. The zero-order valence-corrected chi connectivity index (χ0v) is 6.35. The number of carbonyl (C=O) groups is 1. The number of hydrogen-bond acceptors (Lipinski definition) is 2. The van der Waals surface area contributed by atoms with Crippen LogP contribution in [0.15, 0.2) is 11.8 Å². The Labute approximate surface area is 56.7 Å². The molecule has 0 saturated carbocycles. The van der Waals surface area contributed by atoms with E-state index in [1.807, 2.05) is 20.8 Å². The fraction of sp³-hybridized carbons (Fsp3) is 0.571. The van der Waals surface area contributed by atoms with Crippen molar-refractivity contribution in [2.24, 2.45) is 5.73 Å². The number of nitrogens with two attached hydrogens (primary N) is 1. The van der Waals surface area contributed by atoms with Crippen LogP contribution in [-0.2, 0) is 4.79 Å². The molecule has 0 spiro atoms. The first kappa shape index (κ1) is 11.1. The lowest BCUT2D eigenvalue weighted by atomic mass is 10.3. The first-order valence-corrected chi connectivity index (χ1v) is 3.21. The number of aldehydes is 1. The van der Waals surface area contributed by atoms with Crippen molar-refractivity contribution in [1.29, 1.82) is 0 Å². The van der Waals surface area contributed by atoms with Gasteiger partial charge in [0.25, 0.3) is 0 Å². The van der Waals surface area contributed by atoms with Gasteiger partial charge in [-0.15, -0.1) is 0 Å². The van der Waals surface area contributed by atoms with E-state index in [1.165, 1.54) is 6.08 Å². The van der Waals surface area contributed by atoms with Crippen LogP contribution in [0.2, 0.25) is 0 Å². The van der Waals surface area contributed by atoms with Gasteiger partial charge in [-0.1, -0.05) is 20.8 Å². The zero-order valence-electron chi connectivity index (χ0n) is 6.35. The number of hydrogen-bond donors (Lipinski definition) is 1. The summed E-state index contributed by atoms with van der Waals surface area (Å²) >= 11 is 0. The molecule has 0 radical (unpaired) electrons. The van der Waals surface area contributed by atoms with Crippen molar-refractivity contribution in [3.63, 3.8) is 0 Å². The molecule has 2 N–H and O–H groups in total. The Morgan fingerprint density at radius 2 is 2.00 bits per heavy atom. The number of carbonyl (C=O) groups excluding carboxylic acids is 1. The van der Waals surface area contributed by atoms with E-state index in [2.05, 4.69) is 0 Å². The maximum absolute atomic E-state index is 9.62. The Morgan fingerprint density at radius 1 is 1.56 bits per heavy atom. The van der Waals surface area contributed by atoms with E-state index in [-0.39, 0.29) is 0 Å². The average Bonchev–Trinajstić information content (AvgIpc) is 1.93. The minimum absolute atomic E-state index is 0.634. The first-order chi connectivity index (χ1) is 4.31. The van der Waals surface area contributed by atoms with Gasteiger partial charge < -0.3 is 5.73 Å². The highest BCUT2D eigenvalue weighted by Gasteiger charge is 1.77. The molecular weight excluding hydrogens is 114 g/mol. The molecule has 0 heterocycles. The smallest absolute Gasteiger partial charge is 0.144 e. The van der Waals surface area contributed by atoms with Crippen LogP contribution in [0, 0.1) is 0 Å². The summed E-state index contributed by atoms with van der Waals surface area (Å²) in [5.74, 6) is 0. The minimum atomic E-state index is 0.634. The van der Waals surface area contributed by atoms with Gasteiger partial charge in [-0.25, -0.2) is 0 Å². The van der Waals surface area contributed by atoms with Crippen LogP contribution in [-0.4, -0.2) is 6.29 Å². The molecule has 0 aromatic heterocycles. The summed E-state index contributed by atoms with van der Waals surface area (Å²) in [7, 11) is 0. The van der Waals surface area contributed by atoms with Gasteiger partial charge in [0.05, 0.1) is 0 Å². The van der Waals surface area contributed by atoms with E-state index in [9.17, 15) is 4.79 Å². The van der Waals surface area contributed by atoms with Crippen LogP contribution < -0.4 is 5.73 Å². The molecule has 0 amide bonds. The summed E-state index contributed by atoms with van der Waals surface area (Å²) in [5, 5.41) is 0. The lowest BCUT2D eigenvalue weighted by molar-refractivity contribution is -0.104. The lowest BCUT2D eigenvalue weighted by Gasteiger charge is -1.85. The monoisotopic (exact) mass is 129 g/mol. The second-order valence-corrected chi connectivity index (χ2v) is 1.23. The molecular formula is C7H15NO. The van der Waals surface area contributed by atoms with Crippen molar-refractivity contribution in [1.82, 2.24) is 0 Å². The van der Waals surface area contributed by atoms with Crippen LogP contribution in [0.25, 0.3) is 0 Å².